The van der Waals surface area contributed by atoms with Crippen LogP contribution >= 0.6 is 0 Å². The van der Waals surface area contributed by atoms with Crippen LogP contribution in [0.25, 0.3) is 32.9 Å². The van der Waals surface area contributed by atoms with E-state index >= 15 is 4.39 Å². The van der Waals surface area contributed by atoms with Gasteiger partial charge in [0.05, 0.1) is 28.0 Å². The summed E-state index contributed by atoms with van der Waals surface area (Å²) < 4.78 is 56.8. The van der Waals surface area contributed by atoms with Crippen LogP contribution in [0.5, 0.6) is 6.01 Å². The summed E-state index contributed by atoms with van der Waals surface area (Å²) >= 11 is -1.92. The summed E-state index contributed by atoms with van der Waals surface area (Å²) in [6.07, 6.45) is 14.1. The Morgan fingerprint density at radius 1 is 1.02 bits per heavy atom. The summed E-state index contributed by atoms with van der Waals surface area (Å²) in [5.74, 6) is 1.97. The largest absolute Gasteiger partial charge is 1.00 e. The number of piperazine rings is 1. The van der Waals surface area contributed by atoms with E-state index < -0.39 is 22.7 Å². The minimum absolute atomic E-state index is 0. The fraction of sp³-hybridized carbons (Fsp3) is 0.366. The summed E-state index contributed by atoms with van der Waals surface area (Å²) in [6, 6.07) is 15.5. The van der Waals surface area contributed by atoms with E-state index in [9.17, 15) is 8.60 Å². The molecule has 4 saturated heterocycles. The van der Waals surface area contributed by atoms with Gasteiger partial charge < -0.3 is 32.0 Å². The topological polar surface area (TPSA) is 124 Å². The molecule has 4 fully saturated rings. The third-order valence-electron chi connectivity index (χ3n) is 11.1. The number of anilines is 1. The van der Waals surface area contributed by atoms with Gasteiger partial charge in [-0.15, -0.1) is 6.42 Å². The van der Waals surface area contributed by atoms with E-state index in [2.05, 4.69) is 31.0 Å². The van der Waals surface area contributed by atoms with Crippen molar-refractivity contribution in [3.63, 3.8) is 0 Å². The molecule has 3 N–H and O–H groups in total. The van der Waals surface area contributed by atoms with Crippen LogP contribution in [0.2, 0.25) is 0 Å². The summed E-state index contributed by atoms with van der Waals surface area (Å²) in [6.45, 7) is 4.17. The SMILES string of the molecule is C#Cc1c(F)ccc2cccc(-c3ncc4c(N5CC6CCC(C5)N6)nc(OCC56CCCN5CCC6)nc4c3F)c12.O=S(O)c1ccc(CO)cc1.[CH3-].[Cs+]. The zero-order valence-electron chi connectivity index (χ0n) is 31.1. The van der Waals surface area contributed by atoms with Crippen LogP contribution in [0.3, 0.4) is 0 Å². The standard InChI is InChI=1S/C33H32F2N6O.C7H8O3S.CH3.Cs/c1-2-23-26(34)11-8-20-6-3-7-24(27(20)23)29-28(35)30-25(16-36-29)31(40-17-21-9-10-22(18-40)37-21)39-32(38-30)42-19-33-12-4-14-41(33)15-5-13-33;8-5-6-1-3-7(4-2-6)11(9)10;;/h1,3,6-8,11,16,21-22,37H,4-5,9-10,12-15,17-19H2;1-4,8H,5H2,(H,9,10);1H3;/q;;-1;+1. The van der Waals surface area contributed by atoms with Crippen LogP contribution in [0.4, 0.5) is 14.6 Å². The number of pyridine rings is 1. The maximum Gasteiger partial charge on any atom is 1.00 e. The number of aliphatic hydroxyl groups is 1. The number of fused-ring (bicyclic) bond motifs is 5. The van der Waals surface area contributed by atoms with Gasteiger partial charge in [-0.2, -0.15) is 9.97 Å². The van der Waals surface area contributed by atoms with Crippen LogP contribution in [0.15, 0.2) is 65.7 Å². The smallest absolute Gasteiger partial charge is 0.461 e. The fourth-order valence-electron chi connectivity index (χ4n) is 8.55. The number of benzene rings is 3. The van der Waals surface area contributed by atoms with E-state index in [4.69, 9.17) is 25.8 Å². The number of terminal acetylenes is 1. The van der Waals surface area contributed by atoms with E-state index in [-0.39, 0.29) is 111 Å². The quantitative estimate of drug-likeness (QED) is 0.128. The third kappa shape index (κ3) is 8.40. The fourth-order valence-corrected chi connectivity index (χ4v) is 8.92. The second kappa shape index (κ2) is 17.9. The molecule has 10 nitrogen and oxygen atoms in total. The van der Waals surface area contributed by atoms with Crippen LogP contribution in [-0.4, -0.2) is 84.1 Å². The molecule has 0 spiro atoms. The van der Waals surface area contributed by atoms with Crippen molar-refractivity contribution in [2.24, 2.45) is 0 Å². The number of nitrogens with zero attached hydrogens (tertiary/aromatic N) is 5. The van der Waals surface area contributed by atoms with Gasteiger partial charge in [-0.1, -0.05) is 42.3 Å². The van der Waals surface area contributed by atoms with Crippen LogP contribution < -0.4 is 83.8 Å². The molecular formula is C41H43CsF2N6O4S. The van der Waals surface area contributed by atoms with Crippen molar-refractivity contribution < 1.29 is 96.3 Å². The first-order valence-electron chi connectivity index (χ1n) is 18.0. The molecule has 2 aromatic heterocycles. The Morgan fingerprint density at radius 3 is 2.38 bits per heavy atom. The molecule has 4 aliphatic heterocycles. The molecule has 0 amide bonds. The third-order valence-corrected chi connectivity index (χ3v) is 11.8. The number of halogens is 2. The van der Waals surface area contributed by atoms with Crippen molar-refractivity contribution in [1.82, 2.24) is 25.2 Å². The minimum atomic E-state index is -1.92. The predicted octanol–water partition coefficient (Wildman–Crippen LogP) is 3.27. The summed E-state index contributed by atoms with van der Waals surface area (Å²) in [7, 11) is 0. The first-order valence-corrected chi connectivity index (χ1v) is 19.1. The summed E-state index contributed by atoms with van der Waals surface area (Å²) in [4.78, 5) is 19.2. The molecule has 14 heteroatoms. The normalized spacial score (nSPS) is 20.2. The van der Waals surface area contributed by atoms with Crippen molar-refractivity contribution in [2.75, 3.05) is 37.7 Å². The maximum atomic E-state index is 16.7. The molecule has 2 bridgehead atoms. The molecule has 282 valence electrons. The van der Waals surface area contributed by atoms with Gasteiger partial charge in [0.2, 0.25) is 0 Å². The molecule has 3 atom stereocenters. The van der Waals surface area contributed by atoms with Crippen molar-refractivity contribution in [1.29, 1.82) is 0 Å². The van der Waals surface area contributed by atoms with E-state index in [1.807, 2.05) is 6.07 Å². The van der Waals surface area contributed by atoms with E-state index in [1.54, 1.807) is 36.5 Å². The predicted molar refractivity (Wildman–Crippen MR) is 206 cm³/mol. The van der Waals surface area contributed by atoms with Gasteiger partial charge in [0.1, 0.15) is 29.5 Å². The zero-order chi connectivity index (χ0) is 36.7. The van der Waals surface area contributed by atoms with Crippen LogP contribution in [0.1, 0.15) is 49.7 Å². The molecule has 9 rings (SSSR count). The van der Waals surface area contributed by atoms with E-state index in [1.165, 1.54) is 18.2 Å². The van der Waals surface area contributed by atoms with Gasteiger partial charge in [0, 0.05) is 42.3 Å². The molecule has 3 aromatic carbocycles. The minimum Gasteiger partial charge on any atom is -0.461 e. The number of aromatic nitrogens is 3. The van der Waals surface area contributed by atoms with E-state index in [0.717, 1.165) is 70.3 Å². The second-order valence-electron chi connectivity index (χ2n) is 14.3. The molecule has 0 radical (unpaired) electrons. The first kappa shape index (κ1) is 42.1. The van der Waals surface area contributed by atoms with Crippen molar-refractivity contribution in [3.8, 4) is 29.6 Å². The number of aliphatic hydroxyl groups excluding tert-OH is 1. The molecule has 0 saturated carbocycles. The number of hydrogen-bond donors (Lipinski definition) is 3. The summed E-state index contributed by atoms with van der Waals surface area (Å²) in [5, 5.41) is 14.0. The average molecular weight is 887 g/mol. The molecule has 0 aliphatic carbocycles. The van der Waals surface area contributed by atoms with Gasteiger partial charge in [-0.05, 0) is 80.8 Å². The van der Waals surface area contributed by atoms with Crippen molar-refractivity contribution in [2.45, 2.75) is 67.6 Å². The monoisotopic (exact) mass is 886 g/mol. The molecule has 3 unspecified atom stereocenters. The van der Waals surface area contributed by atoms with Gasteiger partial charge >= 0.3 is 74.9 Å². The van der Waals surface area contributed by atoms with Crippen molar-refractivity contribution in [3.05, 3.63) is 91.0 Å². The summed E-state index contributed by atoms with van der Waals surface area (Å²) in [5.41, 5.74) is 1.47. The number of ether oxygens (including phenoxy) is 1. The zero-order valence-corrected chi connectivity index (χ0v) is 38.2. The Hall–Kier alpha value is -2.53. The van der Waals surface area contributed by atoms with Crippen LogP contribution in [-0.2, 0) is 17.7 Å². The molecule has 6 heterocycles. The maximum absolute atomic E-state index is 16.7. The van der Waals surface area contributed by atoms with Crippen molar-refractivity contribution >= 4 is 38.6 Å². The molecule has 5 aromatic rings. The number of nitrogens with one attached hydrogen (secondary N) is 1. The average Bonchev–Trinajstić information content (AvgIpc) is 3.87. The Labute approximate surface area is 381 Å². The van der Waals surface area contributed by atoms with E-state index in [0.29, 0.717) is 51.1 Å². The Morgan fingerprint density at radius 2 is 1.73 bits per heavy atom. The number of rotatable bonds is 7. The van der Waals surface area contributed by atoms with Gasteiger partial charge in [0.15, 0.2) is 16.9 Å². The van der Waals surface area contributed by atoms with Gasteiger partial charge in [0.25, 0.3) is 0 Å². The van der Waals surface area contributed by atoms with Gasteiger partial charge in [-0.3, -0.25) is 9.88 Å². The number of hydrogen-bond acceptors (Lipinski definition) is 9. The molecule has 4 aliphatic rings. The Bertz CT molecular complexity index is 2240. The van der Waals surface area contributed by atoms with Crippen LogP contribution in [0, 0.1) is 31.4 Å². The Balaban J connectivity index is 0.000000345. The Kier molecular flexibility index (Phi) is 13.7. The molecular weight excluding hydrogens is 843 g/mol. The first-order chi connectivity index (χ1) is 25.8. The van der Waals surface area contributed by atoms with Gasteiger partial charge in [-0.25, -0.2) is 13.0 Å². The molecule has 55 heavy (non-hydrogen) atoms. The second-order valence-corrected chi connectivity index (χ2v) is 15.3.